The number of nitrogens with zero attached hydrogens (tertiary/aromatic N) is 1. The van der Waals surface area contributed by atoms with Crippen molar-refractivity contribution in [2.24, 2.45) is 0 Å². The number of H-pyrrole nitrogens is 1. The second-order valence-electron chi connectivity index (χ2n) is 6.55. The van der Waals surface area contributed by atoms with Crippen molar-refractivity contribution in [2.75, 3.05) is 13.2 Å². The van der Waals surface area contributed by atoms with Gasteiger partial charge < -0.3 is 14.8 Å². The van der Waals surface area contributed by atoms with Crippen LogP contribution in [0.15, 0.2) is 52.1 Å². The molecule has 1 atom stereocenters. The van der Waals surface area contributed by atoms with Crippen molar-refractivity contribution in [3.63, 3.8) is 0 Å². The van der Waals surface area contributed by atoms with Gasteiger partial charge in [0.25, 0.3) is 5.56 Å². The highest BCUT2D eigenvalue weighted by molar-refractivity contribution is 5.81. The van der Waals surface area contributed by atoms with Gasteiger partial charge in [0.2, 0.25) is 5.91 Å². The number of benzene rings is 2. The third-order valence-corrected chi connectivity index (χ3v) is 4.65. The van der Waals surface area contributed by atoms with E-state index in [1.807, 2.05) is 25.1 Å². The van der Waals surface area contributed by atoms with E-state index in [-0.39, 0.29) is 18.5 Å². The van der Waals surface area contributed by atoms with E-state index in [4.69, 9.17) is 9.47 Å². The van der Waals surface area contributed by atoms with Gasteiger partial charge in [-0.25, -0.2) is 4.79 Å². The van der Waals surface area contributed by atoms with E-state index in [1.165, 1.54) is 4.57 Å². The first-order valence-electron chi connectivity index (χ1n) is 8.94. The number of aromatic nitrogens is 2. The third-order valence-electron chi connectivity index (χ3n) is 4.65. The average molecular weight is 381 g/mol. The molecule has 0 radical (unpaired) electrons. The smallest absolute Gasteiger partial charge is 0.329 e. The molecule has 2 N–H and O–H groups in total. The highest BCUT2D eigenvalue weighted by Crippen LogP contribution is 2.32. The minimum atomic E-state index is -0.620. The maximum atomic E-state index is 12.5. The number of hydrogen-bond acceptors (Lipinski definition) is 5. The van der Waals surface area contributed by atoms with Crippen molar-refractivity contribution >= 4 is 16.8 Å². The normalized spacial score (nSPS) is 13.9. The number of nitrogens with one attached hydrogen (secondary N) is 2. The largest absolute Gasteiger partial charge is 0.486 e. The molecule has 2 heterocycles. The number of carbonyl (C=O) groups is 1. The summed E-state index contributed by atoms with van der Waals surface area (Å²) in [6.07, 6.45) is 0. The highest BCUT2D eigenvalue weighted by Gasteiger charge is 2.17. The quantitative estimate of drug-likeness (QED) is 0.710. The minimum Gasteiger partial charge on any atom is -0.486 e. The molecule has 2 aromatic carbocycles. The second kappa shape index (κ2) is 7.22. The molecule has 3 aromatic rings. The predicted molar refractivity (Wildman–Crippen MR) is 103 cm³/mol. The Labute approximate surface area is 159 Å². The molecule has 1 amide bonds. The van der Waals surface area contributed by atoms with Crippen LogP contribution in [0.2, 0.25) is 0 Å². The van der Waals surface area contributed by atoms with Crippen molar-refractivity contribution in [1.82, 2.24) is 14.9 Å². The van der Waals surface area contributed by atoms with Crippen LogP contribution in [0.4, 0.5) is 0 Å². The molecule has 0 saturated carbocycles. The van der Waals surface area contributed by atoms with E-state index in [9.17, 15) is 14.4 Å². The summed E-state index contributed by atoms with van der Waals surface area (Å²) >= 11 is 0. The Morgan fingerprint density at radius 3 is 2.71 bits per heavy atom. The first-order valence-corrected chi connectivity index (χ1v) is 8.94. The molecule has 0 saturated heterocycles. The standard InChI is InChI=1S/C20H19N3O5/c1-12(13-6-7-16-17(10-13)28-9-8-27-16)21-18(24)11-23-15-5-3-2-4-14(15)19(25)22-20(23)26/h2-7,10,12H,8-9,11H2,1H3,(H,21,24)(H,22,25,26)/t12-/m1/s1. The van der Waals surface area contributed by atoms with Gasteiger partial charge >= 0.3 is 5.69 Å². The fraction of sp³-hybridized carbons (Fsp3) is 0.250. The molecule has 8 heteroatoms. The molecule has 28 heavy (non-hydrogen) atoms. The molecule has 0 unspecified atom stereocenters. The van der Waals surface area contributed by atoms with Crippen molar-refractivity contribution in [3.8, 4) is 11.5 Å². The van der Waals surface area contributed by atoms with E-state index < -0.39 is 11.2 Å². The van der Waals surface area contributed by atoms with E-state index >= 15 is 0 Å². The summed E-state index contributed by atoms with van der Waals surface area (Å²) in [5.74, 6) is 0.981. The van der Waals surface area contributed by atoms with Crippen LogP contribution in [-0.2, 0) is 11.3 Å². The van der Waals surface area contributed by atoms with Gasteiger partial charge in [-0.05, 0) is 36.8 Å². The number of carbonyl (C=O) groups excluding carboxylic acids is 1. The Kier molecular flexibility index (Phi) is 4.60. The summed E-state index contributed by atoms with van der Waals surface area (Å²) < 4.78 is 12.3. The van der Waals surface area contributed by atoms with Crippen LogP contribution in [0.3, 0.4) is 0 Å². The summed E-state index contributed by atoms with van der Waals surface area (Å²) in [6, 6.07) is 11.9. The summed E-state index contributed by atoms with van der Waals surface area (Å²) in [6.45, 7) is 2.64. The summed E-state index contributed by atoms with van der Waals surface area (Å²) in [4.78, 5) is 38.9. The molecule has 4 rings (SSSR count). The van der Waals surface area contributed by atoms with Gasteiger partial charge in [0.1, 0.15) is 19.8 Å². The Morgan fingerprint density at radius 1 is 1.14 bits per heavy atom. The number of fused-ring (bicyclic) bond motifs is 2. The SMILES string of the molecule is C[C@@H](NC(=O)Cn1c(=O)[nH]c(=O)c2ccccc21)c1ccc2c(c1)OCCO2. The Hall–Kier alpha value is -3.55. The summed E-state index contributed by atoms with van der Waals surface area (Å²) in [7, 11) is 0. The lowest BCUT2D eigenvalue weighted by Gasteiger charge is -2.21. The van der Waals surface area contributed by atoms with Gasteiger partial charge in [0.05, 0.1) is 16.9 Å². The molecule has 1 aliphatic heterocycles. The molecule has 0 aliphatic carbocycles. The van der Waals surface area contributed by atoms with Crippen LogP contribution in [0.1, 0.15) is 18.5 Å². The molecular formula is C20H19N3O5. The first-order chi connectivity index (χ1) is 13.5. The predicted octanol–water partition coefficient (Wildman–Crippen LogP) is 1.34. The van der Waals surface area contributed by atoms with E-state index in [2.05, 4.69) is 10.3 Å². The average Bonchev–Trinajstić information content (AvgIpc) is 2.70. The van der Waals surface area contributed by atoms with Crippen molar-refractivity contribution in [3.05, 3.63) is 68.9 Å². The first kappa shape index (κ1) is 17.8. The molecular weight excluding hydrogens is 362 g/mol. The molecule has 0 spiro atoms. The van der Waals surface area contributed by atoms with E-state index in [0.29, 0.717) is 35.6 Å². The van der Waals surface area contributed by atoms with E-state index in [1.54, 1.807) is 24.3 Å². The fourth-order valence-electron chi connectivity index (χ4n) is 3.24. The van der Waals surface area contributed by atoms with Crippen molar-refractivity contribution < 1.29 is 14.3 Å². The van der Waals surface area contributed by atoms with Gasteiger partial charge in [-0.3, -0.25) is 19.1 Å². The summed E-state index contributed by atoms with van der Waals surface area (Å²) in [5, 5.41) is 3.23. The number of hydrogen-bond donors (Lipinski definition) is 2. The molecule has 8 nitrogen and oxygen atoms in total. The topological polar surface area (TPSA) is 102 Å². The zero-order valence-electron chi connectivity index (χ0n) is 15.2. The van der Waals surface area contributed by atoms with Gasteiger partial charge in [-0.2, -0.15) is 0 Å². The second-order valence-corrected chi connectivity index (χ2v) is 6.55. The van der Waals surface area contributed by atoms with Crippen LogP contribution < -0.4 is 26.0 Å². The van der Waals surface area contributed by atoms with Crippen LogP contribution in [-0.4, -0.2) is 28.7 Å². The van der Waals surface area contributed by atoms with E-state index in [0.717, 1.165) is 5.56 Å². The van der Waals surface area contributed by atoms with Crippen LogP contribution in [0, 0.1) is 0 Å². The zero-order chi connectivity index (χ0) is 19.7. The maximum Gasteiger partial charge on any atom is 0.329 e. The van der Waals surface area contributed by atoms with Gasteiger partial charge in [0.15, 0.2) is 11.5 Å². The number of para-hydroxylation sites is 1. The Balaban J connectivity index is 1.54. The maximum absolute atomic E-state index is 12.5. The molecule has 1 aliphatic rings. The molecule has 1 aromatic heterocycles. The fourth-order valence-corrected chi connectivity index (χ4v) is 3.24. The lowest BCUT2D eigenvalue weighted by molar-refractivity contribution is -0.122. The lowest BCUT2D eigenvalue weighted by Crippen LogP contribution is -2.37. The number of aromatic amines is 1. The Morgan fingerprint density at radius 2 is 1.89 bits per heavy atom. The van der Waals surface area contributed by atoms with Crippen LogP contribution in [0.25, 0.3) is 10.9 Å². The number of rotatable bonds is 4. The van der Waals surface area contributed by atoms with Gasteiger partial charge in [0, 0.05) is 0 Å². The van der Waals surface area contributed by atoms with Gasteiger partial charge in [-0.15, -0.1) is 0 Å². The number of ether oxygens (including phenoxy) is 2. The van der Waals surface area contributed by atoms with Crippen LogP contribution in [0.5, 0.6) is 11.5 Å². The lowest BCUT2D eigenvalue weighted by atomic mass is 10.1. The van der Waals surface area contributed by atoms with Crippen LogP contribution >= 0.6 is 0 Å². The third kappa shape index (κ3) is 3.36. The minimum absolute atomic E-state index is 0.203. The molecule has 0 fully saturated rings. The van der Waals surface area contributed by atoms with Crippen molar-refractivity contribution in [1.29, 1.82) is 0 Å². The number of amides is 1. The molecule has 0 bridgehead atoms. The summed E-state index contributed by atoms with van der Waals surface area (Å²) in [5.41, 5.74) is 0.183. The Bertz CT molecular complexity index is 1160. The zero-order valence-corrected chi connectivity index (χ0v) is 15.2. The van der Waals surface area contributed by atoms with Crippen molar-refractivity contribution in [2.45, 2.75) is 19.5 Å². The monoisotopic (exact) mass is 381 g/mol. The van der Waals surface area contributed by atoms with Gasteiger partial charge in [-0.1, -0.05) is 18.2 Å². The molecule has 144 valence electrons. The highest BCUT2D eigenvalue weighted by atomic mass is 16.6.